The van der Waals surface area contributed by atoms with Crippen molar-refractivity contribution in [2.24, 2.45) is 16.7 Å². The highest BCUT2D eigenvalue weighted by Gasteiger charge is 2.64. The molecule has 0 unspecified atom stereocenters. The van der Waals surface area contributed by atoms with Gasteiger partial charge in [-0.15, -0.1) is 0 Å². The van der Waals surface area contributed by atoms with Gasteiger partial charge in [0.1, 0.15) is 22.7 Å². The first-order valence-corrected chi connectivity index (χ1v) is 10.3. The molecule has 0 bridgehead atoms. The summed E-state index contributed by atoms with van der Waals surface area (Å²) in [5.74, 6) is -3.22. The second kappa shape index (κ2) is 6.37. The zero-order valence-corrected chi connectivity index (χ0v) is 17.8. The summed E-state index contributed by atoms with van der Waals surface area (Å²) in [4.78, 5) is 53.5. The van der Waals surface area contributed by atoms with Gasteiger partial charge in [-0.3, -0.25) is 19.2 Å². The van der Waals surface area contributed by atoms with E-state index >= 15 is 0 Å². The first kappa shape index (κ1) is 20.5. The van der Waals surface area contributed by atoms with Crippen molar-refractivity contribution in [2.45, 2.75) is 58.8 Å². The van der Waals surface area contributed by atoms with Crippen molar-refractivity contribution in [3.05, 3.63) is 41.2 Å². The van der Waals surface area contributed by atoms with Gasteiger partial charge in [0.15, 0.2) is 5.78 Å². The van der Waals surface area contributed by atoms with Crippen LogP contribution in [-0.4, -0.2) is 28.4 Å². The molecule has 3 aliphatic rings. The molecule has 6 heteroatoms. The Hall–Kier alpha value is -2.76. The average Bonchev–Trinajstić information content (AvgIpc) is 2.84. The summed E-state index contributed by atoms with van der Waals surface area (Å²) in [6.07, 6.45) is 0.596. The fourth-order valence-corrected chi connectivity index (χ4v) is 5.57. The lowest BCUT2D eigenvalue weighted by molar-refractivity contribution is -0.146. The molecule has 0 aromatic heterocycles. The Bertz CT molecular complexity index is 1010. The molecule has 6 nitrogen and oxygen atoms in total. The number of anilines is 1. The zero-order valence-electron chi connectivity index (χ0n) is 17.8. The number of Topliss-reactive ketones (excluding diaryl/α,β-unsaturated/α-hetero) is 3. The summed E-state index contributed by atoms with van der Waals surface area (Å²) in [5.41, 5.74) is -2.00. The van der Waals surface area contributed by atoms with Crippen LogP contribution < -0.4 is 5.32 Å². The van der Waals surface area contributed by atoms with Gasteiger partial charge in [0.05, 0.1) is 11.5 Å². The van der Waals surface area contributed by atoms with E-state index in [1.807, 2.05) is 27.7 Å². The lowest BCUT2D eigenvalue weighted by Gasteiger charge is -2.43. The van der Waals surface area contributed by atoms with E-state index in [0.717, 1.165) is 0 Å². The van der Waals surface area contributed by atoms with E-state index in [1.165, 1.54) is 0 Å². The molecule has 2 aliphatic carbocycles. The van der Waals surface area contributed by atoms with Gasteiger partial charge in [-0.25, -0.2) is 0 Å². The van der Waals surface area contributed by atoms with Crippen molar-refractivity contribution < 1.29 is 24.3 Å². The predicted octanol–water partition coefficient (Wildman–Crippen LogP) is 3.65. The number of hydrogen-bond acceptors (Lipinski definition) is 5. The summed E-state index contributed by atoms with van der Waals surface area (Å²) < 4.78 is 0. The van der Waals surface area contributed by atoms with Gasteiger partial charge in [-0.2, -0.15) is 0 Å². The molecule has 1 fully saturated rings. The lowest BCUT2D eigenvalue weighted by atomic mass is 9.55. The number of para-hydroxylation sites is 1. The number of nitrogens with one attached hydrogen (secondary N) is 1. The van der Waals surface area contributed by atoms with Crippen LogP contribution in [0.25, 0.3) is 0 Å². The Morgan fingerprint density at radius 1 is 0.867 bits per heavy atom. The van der Waals surface area contributed by atoms with Gasteiger partial charge >= 0.3 is 0 Å². The van der Waals surface area contributed by atoms with Crippen molar-refractivity contribution in [3.8, 4) is 0 Å². The van der Waals surface area contributed by atoms with Gasteiger partial charge in [0.2, 0.25) is 5.91 Å². The molecular weight excluding hydrogens is 382 g/mol. The van der Waals surface area contributed by atoms with Crippen molar-refractivity contribution in [3.63, 3.8) is 0 Å². The Morgan fingerprint density at radius 2 is 1.43 bits per heavy atom. The van der Waals surface area contributed by atoms with E-state index in [0.29, 0.717) is 11.3 Å². The zero-order chi connectivity index (χ0) is 22.1. The van der Waals surface area contributed by atoms with Crippen molar-refractivity contribution in [1.82, 2.24) is 0 Å². The number of amides is 1. The minimum absolute atomic E-state index is 0.0873. The Labute approximate surface area is 175 Å². The molecule has 4 rings (SSSR count). The largest absolute Gasteiger partial charge is 0.512 e. The number of allylic oxidation sites excluding steroid dienone is 1. The number of carbonyl (C=O) groups excluding carboxylic acids is 4. The molecule has 1 aromatic carbocycles. The van der Waals surface area contributed by atoms with Crippen molar-refractivity contribution >= 4 is 28.9 Å². The molecule has 0 radical (unpaired) electrons. The van der Waals surface area contributed by atoms with E-state index in [1.54, 1.807) is 24.3 Å². The molecular formula is C24H27NO5. The molecule has 1 aliphatic heterocycles. The fraction of sp³-hybridized carbons (Fsp3) is 0.500. The SMILES string of the molecule is CC1(C)CC(=O)C([C@]2(C3=C(O)CC(C)(C)CC3=O)C(=O)Nc3ccccc32)C(=O)C1. The van der Waals surface area contributed by atoms with Gasteiger partial charge in [-0.1, -0.05) is 45.9 Å². The number of fused-ring (bicyclic) bond motifs is 1. The van der Waals surface area contributed by atoms with Crippen LogP contribution in [0.4, 0.5) is 5.69 Å². The van der Waals surface area contributed by atoms with E-state index in [4.69, 9.17) is 0 Å². The van der Waals surface area contributed by atoms with Crippen LogP contribution in [0, 0.1) is 16.7 Å². The van der Waals surface area contributed by atoms with Gasteiger partial charge < -0.3 is 10.4 Å². The standard InChI is InChI=1S/C24H27NO5/c1-22(2)9-15(26)19(16(27)10-22)24(13-7-5-6-8-14(13)25-21(24)30)20-17(28)11-23(3,4)12-18(20)29/h5-8,19,28H,9-12H2,1-4H3,(H,25,30)/t24-/m1/s1. The van der Waals surface area contributed by atoms with E-state index in [-0.39, 0.29) is 54.4 Å². The lowest BCUT2D eigenvalue weighted by Crippen LogP contribution is -2.56. The molecule has 2 N–H and O–H groups in total. The van der Waals surface area contributed by atoms with E-state index in [9.17, 15) is 24.3 Å². The van der Waals surface area contributed by atoms with Gasteiger partial charge in [0, 0.05) is 31.4 Å². The maximum atomic E-state index is 13.5. The molecule has 1 atom stereocenters. The maximum absolute atomic E-state index is 13.5. The van der Waals surface area contributed by atoms with Gasteiger partial charge in [-0.05, 0) is 22.5 Å². The molecule has 1 aromatic rings. The highest BCUT2D eigenvalue weighted by Crippen LogP contribution is 2.55. The summed E-state index contributed by atoms with van der Waals surface area (Å²) in [6, 6.07) is 6.81. The predicted molar refractivity (Wildman–Crippen MR) is 111 cm³/mol. The Morgan fingerprint density at radius 3 is 2.03 bits per heavy atom. The van der Waals surface area contributed by atoms with Crippen molar-refractivity contribution in [1.29, 1.82) is 0 Å². The van der Waals surface area contributed by atoms with Crippen LogP contribution in [0.15, 0.2) is 35.6 Å². The van der Waals surface area contributed by atoms with Crippen LogP contribution in [0.1, 0.15) is 58.9 Å². The highest BCUT2D eigenvalue weighted by atomic mass is 16.3. The number of benzene rings is 1. The quantitative estimate of drug-likeness (QED) is 0.726. The number of carbonyl (C=O) groups is 4. The van der Waals surface area contributed by atoms with Gasteiger partial charge in [0.25, 0.3) is 0 Å². The summed E-state index contributed by atoms with van der Waals surface area (Å²) in [6.45, 7) is 7.43. The number of rotatable bonds is 2. The summed E-state index contributed by atoms with van der Waals surface area (Å²) >= 11 is 0. The monoisotopic (exact) mass is 409 g/mol. The number of hydrogen-bond donors (Lipinski definition) is 2. The van der Waals surface area contributed by atoms with Crippen molar-refractivity contribution in [2.75, 3.05) is 5.32 Å². The molecule has 1 amide bonds. The van der Waals surface area contributed by atoms with Crippen LogP contribution >= 0.6 is 0 Å². The number of ketones is 3. The Kier molecular flexibility index (Phi) is 4.35. The number of aliphatic hydroxyl groups excluding tert-OH is 1. The van der Waals surface area contributed by atoms with Crippen LogP contribution in [0.5, 0.6) is 0 Å². The minimum atomic E-state index is -1.82. The van der Waals surface area contributed by atoms with E-state index in [2.05, 4.69) is 5.32 Å². The third-order valence-electron chi connectivity index (χ3n) is 6.59. The molecule has 1 heterocycles. The van der Waals surface area contributed by atoms with Crippen LogP contribution in [-0.2, 0) is 24.6 Å². The van der Waals surface area contributed by atoms with Crippen LogP contribution in [0.3, 0.4) is 0 Å². The number of aliphatic hydroxyl groups is 1. The average molecular weight is 409 g/mol. The highest BCUT2D eigenvalue weighted by molar-refractivity contribution is 6.23. The topological polar surface area (TPSA) is 101 Å². The molecule has 0 spiro atoms. The summed E-state index contributed by atoms with van der Waals surface area (Å²) in [5, 5.41) is 13.8. The Balaban J connectivity index is 2.02. The third-order valence-corrected chi connectivity index (χ3v) is 6.59. The second-order valence-electron chi connectivity index (χ2n) is 10.5. The summed E-state index contributed by atoms with van der Waals surface area (Å²) in [7, 11) is 0. The normalized spacial score (nSPS) is 28.5. The second-order valence-corrected chi connectivity index (χ2v) is 10.5. The molecule has 30 heavy (non-hydrogen) atoms. The first-order chi connectivity index (χ1) is 13.9. The third kappa shape index (κ3) is 2.84. The minimum Gasteiger partial charge on any atom is -0.512 e. The van der Waals surface area contributed by atoms with Crippen LogP contribution in [0.2, 0.25) is 0 Å². The molecule has 0 saturated heterocycles. The fourth-order valence-electron chi connectivity index (χ4n) is 5.57. The molecule has 158 valence electrons. The first-order valence-electron chi connectivity index (χ1n) is 10.3. The maximum Gasteiger partial charge on any atom is 0.241 e. The van der Waals surface area contributed by atoms with E-state index < -0.39 is 28.1 Å². The molecule has 1 saturated carbocycles. The smallest absolute Gasteiger partial charge is 0.241 e.